The molecule has 114 valence electrons. The number of piperazine rings is 1. The second-order valence-electron chi connectivity index (χ2n) is 5.14. The van der Waals surface area contributed by atoms with E-state index in [1.54, 1.807) is 11.4 Å². The van der Waals surface area contributed by atoms with E-state index >= 15 is 0 Å². The molecule has 0 amide bonds. The average Bonchev–Trinajstić information content (AvgIpc) is 2.93. The summed E-state index contributed by atoms with van der Waals surface area (Å²) < 4.78 is 0. The van der Waals surface area contributed by atoms with Crippen molar-refractivity contribution in [2.24, 2.45) is 0 Å². The van der Waals surface area contributed by atoms with Crippen molar-refractivity contribution in [3.05, 3.63) is 32.4 Å². The highest BCUT2D eigenvalue weighted by molar-refractivity contribution is 7.14. The van der Waals surface area contributed by atoms with Gasteiger partial charge in [-0.15, -0.1) is 11.3 Å². The Morgan fingerprint density at radius 3 is 2.73 bits per heavy atom. The Hall–Kier alpha value is -1.88. The zero-order chi connectivity index (χ0) is 15.7. The Morgan fingerprint density at radius 1 is 1.41 bits per heavy atom. The van der Waals surface area contributed by atoms with E-state index in [0.29, 0.717) is 16.7 Å². The van der Waals surface area contributed by atoms with E-state index in [4.69, 9.17) is 11.6 Å². The van der Waals surface area contributed by atoms with Gasteiger partial charge < -0.3 is 9.80 Å². The molecule has 0 unspecified atom stereocenters. The molecule has 3 rings (SSSR count). The summed E-state index contributed by atoms with van der Waals surface area (Å²) in [5.74, 6) is 0.511. The summed E-state index contributed by atoms with van der Waals surface area (Å²) in [6.45, 7) is 3.39. The van der Waals surface area contributed by atoms with Gasteiger partial charge in [-0.05, 0) is 13.1 Å². The second-order valence-corrected chi connectivity index (χ2v) is 6.49. The molecule has 8 heteroatoms. The Labute approximate surface area is 136 Å². The van der Waals surface area contributed by atoms with Gasteiger partial charge in [0.1, 0.15) is 17.3 Å². The van der Waals surface area contributed by atoms with Gasteiger partial charge in [-0.25, -0.2) is 4.98 Å². The van der Waals surface area contributed by atoms with Gasteiger partial charge in [0.25, 0.3) is 5.56 Å². The summed E-state index contributed by atoms with van der Waals surface area (Å²) in [5.41, 5.74) is 0.0134. The third-order valence-corrected chi connectivity index (χ3v) is 4.91. The van der Waals surface area contributed by atoms with Crippen molar-refractivity contribution in [3.8, 4) is 16.6 Å². The number of nitrogens with zero attached hydrogens (tertiary/aromatic N) is 4. The van der Waals surface area contributed by atoms with Gasteiger partial charge in [-0.3, -0.25) is 9.78 Å². The highest BCUT2D eigenvalue weighted by Crippen LogP contribution is 2.30. The maximum atomic E-state index is 12.2. The first-order chi connectivity index (χ1) is 10.6. The lowest BCUT2D eigenvalue weighted by Crippen LogP contribution is -2.45. The number of aromatic amines is 1. The molecule has 2 aromatic rings. The largest absolute Gasteiger partial charge is 0.340 e. The van der Waals surface area contributed by atoms with Crippen molar-refractivity contribution >= 4 is 28.9 Å². The third kappa shape index (κ3) is 2.86. The number of thiophene rings is 1. The molecule has 0 atom stereocenters. The van der Waals surface area contributed by atoms with E-state index in [2.05, 4.69) is 21.9 Å². The fraction of sp³-hybridized carbons (Fsp3) is 0.357. The normalized spacial score (nSPS) is 15.8. The molecule has 6 nitrogen and oxygen atoms in total. The lowest BCUT2D eigenvalue weighted by atomic mass is 10.2. The Balaban J connectivity index is 2.05. The highest BCUT2D eigenvalue weighted by atomic mass is 35.5. The Morgan fingerprint density at radius 2 is 2.14 bits per heavy atom. The predicted octanol–water partition coefficient (Wildman–Crippen LogP) is 1.78. The first-order valence-corrected chi connectivity index (χ1v) is 8.06. The minimum Gasteiger partial charge on any atom is -0.340 e. The lowest BCUT2D eigenvalue weighted by molar-refractivity contribution is 0.311. The summed E-state index contributed by atoms with van der Waals surface area (Å²) in [6.07, 6.45) is 0. The van der Waals surface area contributed by atoms with Crippen LogP contribution in [-0.4, -0.2) is 48.1 Å². The molecular formula is C14H14ClN5OS. The maximum Gasteiger partial charge on any atom is 0.270 e. The van der Waals surface area contributed by atoms with Gasteiger partial charge in [0.15, 0.2) is 0 Å². The molecule has 1 saturated heterocycles. The zero-order valence-corrected chi connectivity index (χ0v) is 13.5. The molecule has 0 bridgehead atoms. The molecule has 3 heterocycles. The van der Waals surface area contributed by atoms with Crippen LogP contribution in [0.2, 0.25) is 5.02 Å². The predicted molar refractivity (Wildman–Crippen MR) is 87.6 cm³/mol. The van der Waals surface area contributed by atoms with Crippen molar-refractivity contribution in [1.82, 2.24) is 14.9 Å². The number of aromatic nitrogens is 2. The summed E-state index contributed by atoms with van der Waals surface area (Å²) in [4.78, 5) is 24.4. The molecule has 0 saturated carbocycles. The maximum absolute atomic E-state index is 12.2. The van der Waals surface area contributed by atoms with Crippen LogP contribution in [0.3, 0.4) is 0 Å². The van der Waals surface area contributed by atoms with Crippen molar-refractivity contribution in [1.29, 1.82) is 5.26 Å². The standard InChI is InChI=1S/C14H14ClN5OS/c1-19-2-4-20(5-3-19)14-17-12(10(7-16)13(21)18-14)11-6-9(15)8-22-11/h6,8H,2-5H2,1H3,(H,17,18,21). The number of likely N-dealkylation sites (N-methyl/N-ethyl adjacent to an activating group) is 1. The van der Waals surface area contributed by atoms with Gasteiger partial charge in [-0.1, -0.05) is 11.6 Å². The summed E-state index contributed by atoms with van der Waals surface area (Å²) in [6, 6.07) is 3.66. The van der Waals surface area contributed by atoms with Crippen molar-refractivity contribution < 1.29 is 0 Å². The van der Waals surface area contributed by atoms with Crippen molar-refractivity contribution in [3.63, 3.8) is 0 Å². The topological polar surface area (TPSA) is 76.0 Å². The summed E-state index contributed by atoms with van der Waals surface area (Å²) >= 11 is 7.32. The van der Waals surface area contributed by atoms with Crippen molar-refractivity contribution in [2.45, 2.75) is 0 Å². The van der Waals surface area contributed by atoms with E-state index in [-0.39, 0.29) is 5.56 Å². The minimum absolute atomic E-state index is 0.0244. The number of hydrogen-bond donors (Lipinski definition) is 1. The van der Waals surface area contributed by atoms with Gasteiger partial charge >= 0.3 is 0 Å². The first kappa shape index (κ1) is 15.0. The van der Waals surface area contributed by atoms with Crippen LogP contribution >= 0.6 is 22.9 Å². The van der Waals surface area contributed by atoms with Gasteiger partial charge in [0.05, 0.1) is 9.90 Å². The number of rotatable bonds is 2. The molecule has 0 spiro atoms. The molecule has 2 aromatic heterocycles. The third-order valence-electron chi connectivity index (χ3n) is 3.62. The molecule has 1 N–H and O–H groups in total. The molecule has 22 heavy (non-hydrogen) atoms. The van der Waals surface area contributed by atoms with Crippen LogP contribution < -0.4 is 10.5 Å². The van der Waals surface area contributed by atoms with Crippen LogP contribution in [0.5, 0.6) is 0 Å². The van der Waals surface area contributed by atoms with Crippen LogP contribution in [0, 0.1) is 11.3 Å². The van der Waals surface area contributed by atoms with E-state index in [1.165, 1.54) is 11.3 Å². The number of anilines is 1. The molecule has 1 aliphatic heterocycles. The van der Waals surface area contributed by atoms with E-state index in [9.17, 15) is 10.1 Å². The zero-order valence-electron chi connectivity index (χ0n) is 12.0. The molecular weight excluding hydrogens is 322 g/mol. The monoisotopic (exact) mass is 335 g/mol. The molecule has 0 radical (unpaired) electrons. The van der Waals surface area contributed by atoms with E-state index in [0.717, 1.165) is 31.1 Å². The quantitative estimate of drug-likeness (QED) is 0.905. The minimum atomic E-state index is -0.411. The second kappa shape index (κ2) is 6.08. The fourth-order valence-electron chi connectivity index (χ4n) is 2.35. The smallest absolute Gasteiger partial charge is 0.270 e. The number of hydrogen-bond acceptors (Lipinski definition) is 6. The van der Waals surface area contributed by atoms with Crippen LogP contribution in [0.1, 0.15) is 5.56 Å². The number of nitrogens with one attached hydrogen (secondary N) is 1. The lowest BCUT2D eigenvalue weighted by Gasteiger charge is -2.32. The molecule has 1 fully saturated rings. The number of nitriles is 1. The first-order valence-electron chi connectivity index (χ1n) is 6.81. The van der Waals surface area contributed by atoms with Crippen LogP contribution in [0.4, 0.5) is 5.95 Å². The van der Waals surface area contributed by atoms with Gasteiger partial charge in [0.2, 0.25) is 5.95 Å². The number of halogens is 1. The van der Waals surface area contributed by atoms with Crippen LogP contribution in [-0.2, 0) is 0 Å². The molecule has 0 aromatic carbocycles. The highest BCUT2D eigenvalue weighted by Gasteiger charge is 2.20. The van der Waals surface area contributed by atoms with E-state index < -0.39 is 5.56 Å². The summed E-state index contributed by atoms with van der Waals surface area (Å²) in [7, 11) is 2.06. The SMILES string of the molecule is CN1CCN(c2nc(-c3cc(Cl)cs3)c(C#N)c(=O)[nH]2)CC1. The fourth-order valence-corrected chi connectivity index (χ4v) is 3.42. The number of H-pyrrole nitrogens is 1. The molecule has 0 aliphatic carbocycles. The van der Waals surface area contributed by atoms with Crippen LogP contribution in [0.15, 0.2) is 16.2 Å². The van der Waals surface area contributed by atoms with E-state index in [1.807, 2.05) is 11.0 Å². The van der Waals surface area contributed by atoms with Crippen LogP contribution in [0.25, 0.3) is 10.6 Å². The Bertz CT molecular complexity index is 785. The average molecular weight is 336 g/mol. The summed E-state index contributed by atoms with van der Waals surface area (Å²) in [5, 5.41) is 11.6. The Kier molecular flexibility index (Phi) is 4.16. The van der Waals surface area contributed by atoms with Gasteiger partial charge in [-0.2, -0.15) is 5.26 Å². The van der Waals surface area contributed by atoms with Gasteiger partial charge in [0, 0.05) is 31.6 Å². The molecule has 1 aliphatic rings. The van der Waals surface area contributed by atoms with Crippen molar-refractivity contribution in [2.75, 3.05) is 38.1 Å².